The summed E-state index contributed by atoms with van der Waals surface area (Å²) in [4.78, 5) is 12.1. The number of ether oxygens (including phenoxy) is 2. The monoisotopic (exact) mass is 230 g/mol. The summed E-state index contributed by atoms with van der Waals surface area (Å²) >= 11 is 0. The van der Waals surface area contributed by atoms with Crippen LogP contribution in [-0.4, -0.2) is 53.1 Å². The second-order valence-electron chi connectivity index (χ2n) is 5.60. The Balaban J connectivity index is 2.24. The highest BCUT2D eigenvalue weighted by Crippen LogP contribution is 2.38. The zero-order valence-corrected chi connectivity index (χ0v) is 9.77. The lowest BCUT2D eigenvalue weighted by atomic mass is 9.78. The van der Waals surface area contributed by atoms with Crippen molar-refractivity contribution >= 4 is 5.78 Å². The molecule has 4 atom stereocenters. The number of rotatable bonds is 1. The Hall–Kier alpha value is -0.490. The molecular formula is C11H18O5. The van der Waals surface area contributed by atoms with Crippen LogP contribution in [0.1, 0.15) is 20.8 Å². The summed E-state index contributed by atoms with van der Waals surface area (Å²) in [6.45, 7) is 5.23. The Morgan fingerprint density at radius 3 is 2.56 bits per heavy atom. The van der Waals surface area contributed by atoms with E-state index in [1.54, 1.807) is 20.8 Å². The van der Waals surface area contributed by atoms with E-state index in [4.69, 9.17) is 9.47 Å². The first-order valence-corrected chi connectivity index (χ1v) is 5.45. The Kier molecular flexibility index (Phi) is 2.62. The minimum Gasteiger partial charge on any atom is -0.388 e. The largest absolute Gasteiger partial charge is 0.388 e. The zero-order chi connectivity index (χ0) is 12.1. The molecule has 0 amide bonds. The average Bonchev–Trinajstić information content (AvgIpc) is 2.68. The lowest BCUT2D eigenvalue weighted by Crippen LogP contribution is -2.54. The van der Waals surface area contributed by atoms with Gasteiger partial charge in [-0.3, -0.25) is 4.79 Å². The predicted octanol–water partition coefficient (Wildman–Crippen LogP) is -0.509. The lowest BCUT2D eigenvalue weighted by Gasteiger charge is -2.31. The predicted molar refractivity (Wildman–Crippen MR) is 54.9 cm³/mol. The number of ketones is 1. The molecule has 0 aromatic rings. The molecule has 2 aliphatic heterocycles. The van der Waals surface area contributed by atoms with Crippen molar-refractivity contribution in [3.05, 3.63) is 0 Å². The van der Waals surface area contributed by atoms with Crippen LogP contribution in [0, 0.1) is 5.41 Å². The van der Waals surface area contributed by atoms with E-state index in [9.17, 15) is 15.0 Å². The summed E-state index contributed by atoms with van der Waals surface area (Å²) in [5, 5.41) is 19.9. The molecule has 16 heavy (non-hydrogen) atoms. The molecule has 5 heteroatoms. The van der Waals surface area contributed by atoms with E-state index in [0.29, 0.717) is 0 Å². The number of aliphatic hydroxyl groups is 2. The molecule has 5 nitrogen and oxygen atoms in total. The lowest BCUT2D eigenvalue weighted by molar-refractivity contribution is -0.156. The van der Waals surface area contributed by atoms with Gasteiger partial charge < -0.3 is 19.7 Å². The summed E-state index contributed by atoms with van der Waals surface area (Å²) < 4.78 is 10.6. The molecule has 2 fully saturated rings. The van der Waals surface area contributed by atoms with Crippen LogP contribution in [0.15, 0.2) is 0 Å². The van der Waals surface area contributed by atoms with Gasteiger partial charge in [-0.05, 0) is 0 Å². The maximum atomic E-state index is 12.1. The van der Waals surface area contributed by atoms with Crippen molar-refractivity contribution in [2.24, 2.45) is 5.41 Å². The SMILES string of the molecule is CC(C)(C)C(=O)[C@]1(O)CO[C@@H]2[C@H](O)CO[C@@H]21. The van der Waals surface area contributed by atoms with Gasteiger partial charge in [0.15, 0.2) is 11.4 Å². The van der Waals surface area contributed by atoms with Crippen LogP contribution in [0.4, 0.5) is 0 Å². The molecule has 0 unspecified atom stereocenters. The van der Waals surface area contributed by atoms with Gasteiger partial charge in [0, 0.05) is 5.41 Å². The molecule has 0 aliphatic carbocycles. The zero-order valence-electron chi connectivity index (χ0n) is 9.77. The Labute approximate surface area is 94.4 Å². The molecule has 0 aromatic carbocycles. The number of Topliss-reactive ketones (excluding diaryl/α,β-unsaturated/α-hetero) is 1. The minimum absolute atomic E-state index is 0.102. The summed E-state index contributed by atoms with van der Waals surface area (Å²) in [5.74, 6) is -0.304. The summed E-state index contributed by atoms with van der Waals surface area (Å²) in [6, 6.07) is 0. The number of aliphatic hydroxyl groups excluding tert-OH is 1. The number of fused-ring (bicyclic) bond motifs is 1. The number of hydrogen-bond acceptors (Lipinski definition) is 5. The third kappa shape index (κ3) is 1.59. The molecule has 0 saturated carbocycles. The number of hydrogen-bond donors (Lipinski definition) is 2. The van der Waals surface area contributed by atoms with E-state index in [1.807, 2.05) is 0 Å². The van der Waals surface area contributed by atoms with Crippen molar-refractivity contribution < 1.29 is 24.5 Å². The normalized spacial score (nSPS) is 43.4. The highest BCUT2D eigenvalue weighted by Gasteiger charge is 2.61. The first-order chi connectivity index (χ1) is 7.27. The molecule has 2 heterocycles. The van der Waals surface area contributed by atoms with E-state index in [1.165, 1.54) is 0 Å². The van der Waals surface area contributed by atoms with E-state index in [-0.39, 0.29) is 19.0 Å². The van der Waals surface area contributed by atoms with Crippen molar-refractivity contribution in [1.29, 1.82) is 0 Å². The van der Waals surface area contributed by atoms with Crippen molar-refractivity contribution in [3.63, 3.8) is 0 Å². The van der Waals surface area contributed by atoms with Crippen molar-refractivity contribution in [2.45, 2.75) is 44.7 Å². The molecule has 2 rings (SSSR count). The number of carbonyl (C=O) groups excluding carboxylic acids is 1. The van der Waals surface area contributed by atoms with E-state index in [0.717, 1.165) is 0 Å². The molecule has 0 radical (unpaired) electrons. The van der Waals surface area contributed by atoms with Crippen LogP contribution in [0.25, 0.3) is 0 Å². The maximum absolute atomic E-state index is 12.1. The quantitative estimate of drug-likeness (QED) is 0.634. The molecular weight excluding hydrogens is 212 g/mol. The van der Waals surface area contributed by atoms with Crippen LogP contribution in [0.3, 0.4) is 0 Å². The smallest absolute Gasteiger partial charge is 0.175 e. The highest BCUT2D eigenvalue weighted by atomic mass is 16.6. The van der Waals surface area contributed by atoms with Gasteiger partial charge >= 0.3 is 0 Å². The first-order valence-electron chi connectivity index (χ1n) is 5.45. The van der Waals surface area contributed by atoms with Crippen molar-refractivity contribution in [3.8, 4) is 0 Å². The summed E-state index contributed by atoms with van der Waals surface area (Å²) in [5.41, 5.74) is -2.29. The van der Waals surface area contributed by atoms with Crippen LogP contribution in [0.5, 0.6) is 0 Å². The molecule has 2 aliphatic rings. The first kappa shape index (κ1) is 12.0. The molecule has 0 spiro atoms. The average molecular weight is 230 g/mol. The van der Waals surface area contributed by atoms with E-state index >= 15 is 0 Å². The van der Waals surface area contributed by atoms with Gasteiger partial charge in [0.2, 0.25) is 0 Å². The fourth-order valence-electron chi connectivity index (χ4n) is 2.35. The van der Waals surface area contributed by atoms with Gasteiger partial charge in [0.05, 0.1) is 13.2 Å². The van der Waals surface area contributed by atoms with E-state index in [2.05, 4.69) is 0 Å². The minimum atomic E-state index is -1.62. The summed E-state index contributed by atoms with van der Waals surface area (Å²) in [7, 11) is 0. The number of carbonyl (C=O) groups is 1. The van der Waals surface area contributed by atoms with Crippen molar-refractivity contribution in [1.82, 2.24) is 0 Å². The van der Waals surface area contributed by atoms with Crippen LogP contribution in [0.2, 0.25) is 0 Å². The topological polar surface area (TPSA) is 76.0 Å². The maximum Gasteiger partial charge on any atom is 0.175 e. The van der Waals surface area contributed by atoms with Gasteiger partial charge in [-0.15, -0.1) is 0 Å². The van der Waals surface area contributed by atoms with Gasteiger partial charge in [0.25, 0.3) is 0 Å². The highest BCUT2D eigenvalue weighted by molar-refractivity contribution is 5.92. The second-order valence-corrected chi connectivity index (χ2v) is 5.60. The van der Waals surface area contributed by atoms with Crippen LogP contribution >= 0.6 is 0 Å². The third-order valence-electron chi connectivity index (χ3n) is 3.17. The van der Waals surface area contributed by atoms with E-state index < -0.39 is 29.3 Å². The molecule has 0 bridgehead atoms. The van der Waals surface area contributed by atoms with Gasteiger partial charge in [-0.1, -0.05) is 20.8 Å². The Bertz CT molecular complexity index is 308. The van der Waals surface area contributed by atoms with Gasteiger partial charge in [-0.2, -0.15) is 0 Å². The Morgan fingerprint density at radius 1 is 1.38 bits per heavy atom. The fraction of sp³-hybridized carbons (Fsp3) is 0.909. The second kappa shape index (κ2) is 3.50. The third-order valence-corrected chi connectivity index (χ3v) is 3.17. The standard InChI is InChI=1S/C11H18O5/c1-10(2,3)9(13)11(14)5-16-7-6(12)4-15-8(7)11/h6-8,12,14H,4-5H2,1-3H3/t6-,7-,8+,11+/m1/s1. The van der Waals surface area contributed by atoms with Gasteiger partial charge in [-0.25, -0.2) is 0 Å². The van der Waals surface area contributed by atoms with Gasteiger partial charge in [0.1, 0.15) is 18.3 Å². The fourth-order valence-corrected chi connectivity index (χ4v) is 2.35. The molecule has 0 aromatic heterocycles. The summed E-state index contributed by atoms with van der Waals surface area (Å²) in [6.07, 6.45) is -2.09. The molecule has 2 N–H and O–H groups in total. The Morgan fingerprint density at radius 2 is 2.00 bits per heavy atom. The van der Waals surface area contributed by atoms with Crippen LogP contribution < -0.4 is 0 Å². The molecule has 92 valence electrons. The van der Waals surface area contributed by atoms with Crippen molar-refractivity contribution in [2.75, 3.05) is 13.2 Å². The van der Waals surface area contributed by atoms with Crippen LogP contribution in [-0.2, 0) is 14.3 Å². The molecule has 2 saturated heterocycles.